The number of rotatable bonds is 9. The highest BCUT2D eigenvalue weighted by molar-refractivity contribution is 7.18. The minimum atomic E-state index is -1.16. The molecule has 44 heavy (non-hydrogen) atoms. The highest BCUT2D eigenvalue weighted by atomic mass is 35.5. The highest BCUT2D eigenvalue weighted by Gasteiger charge is 2.31. The van der Waals surface area contributed by atoms with E-state index in [4.69, 9.17) is 32.9 Å². The lowest BCUT2D eigenvalue weighted by molar-refractivity contribution is 0.0770. The van der Waals surface area contributed by atoms with Crippen molar-refractivity contribution in [3.8, 4) is 17.0 Å². The van der Waals surface area contributed by atoms with Gasteiger partial charge in [-0.15, -0.1) is 11.3 Å². The van der Waals surface area contributed by atoms with Gasteiger partial charge in [-0.25, -0.2) is 4.98 Å². The third-order valence-corrected chi connectivity index (χ3v) is 9.70. The Bertz CT molecular complexity index is 1770. The van der Waals surface area contributed by atoms with Gasteiger partial charge in [0.1, 0.15) is 11.3 Å². The molecule has 0 aliphatic heterocycles. The predicted molar refractivity (Wildman–Crippen MR) is 181 cm³/mol. The van der Waals surface area contributed by atoms with Crippen LogP contribution in [0.1, 0.15) is 78.1 Å². The van der Waals surface area contributed by atoms with Crippen LogP contribution in [-0.2, 0) is 5.60 Å². The monoisotopic (exact) mass is 649 g/mol. The first kappa shape index (κ1) is 32.2. The number of carbonyl (C=O) groups is 1. The Morgan fingerprint density at radius 3 is 2.61 bits per heavy atom. The van der Waals surface area contributed by atoms with Crippen LogP contribution in [0.4, 0.5) is 0 Å². The van der Waals surface area contributed by atoms with Crippen LogP contribution < -0.4 is 10.1 Å². The van der Waals surface area contributed by atoms with E-state index in [0.717, 1.165) is 38.5 Å². The maximum absolute atomic E-state index is 13.6. The molecule has 2 unspecified atom stereocenters. The molecule has 1 amide bonds. The summed E-state index contributed by atoms with van der Waals surface area (Å²) in [6.45, 7) is 9.99. The van der Waals surface area contributed by atoms with Gasteiger partial charge < -0.3 is 15.2 Å². The molecule has 9 heteroatoms. The van der Waals surface area contributed by atoms with Crippen LogP contribution in [0.2, 0.25) is 10.0 Å². The third-order valence-electron chi connectivity index (χ3n) is 7.96. The van der Waals surface area contributed by atoms with Crippen molar-refractivity contribution in [3.05, 3.63) is 98.1 Å². The van der Waals surface area contributed by atoms with E-state index < -0.39 is 5.60 Å². The molecular weight excluding hydrogens is 613 g/mol. The van der Waals surface area contributed by atoms with Crippen molar-refractivity contribution < 1.29 is 14.6 Å². The summed E-state index contributed by atoms with van der Waals surface area (Å²) >= 11 is 14.8. The summed E-state index contributed by atoms with van der Waals surface area (Å²) < 4.78 is 6.46. The molecule has 2 aromatic heterocycles. The normalized spacial score (nSPS) is 15.6. The van der Waals surface area contributed by atoms with Crippen LogP contribution in [0.5, 0.6) is 5.75 Å². The summed E-state index contributed by atoms with van der Waals surface area (Å²) in [5.41, 5.74) is 3.92. The maximum Gasteiger partial charge on any atom is 0.251 e. The molecule has 0 bridgehead atoms. The van der Waals surface area contributed by atoms with Crippen LogP contribution in [0, 0.1) is 12.8 Å². The summed E-state index contributed by atoms with van der Waals surface area (Å²) in [6, 6.07) is 11.1. The Balaban J connectivity index is 1.60. The van der Waals surface area contributed by atoms with E-state index in [1.165, 1.54) is 11.3 Å². The second-order valence-electron chi connectivity index (χ2n) is 12.0. The zero-order valence-corrected chi connectivity index (χ0v) is 28.1. The van der Waals surface area contributed by atoms with E-state index in [1.807, 2.05) is 43.3 Å². The molecule has 2 atom stereocenters. The predicted octanol–water partition coefficient (Wildman–Crippen LogP) is 8.98. The van der Waals surface area contributed by atoms with Gasteiger partial charge in [0.2, 0.25) is 0 Å². The number of hydrogen-bond acceptors (Lipinski definition) is 6. The van der Waals surface area contributed by atoms with Crippen molar-refractivity contribution >= 4 is 50.7 Å². The summed E-state index contributed by atoms with van der Waals surface area (Å²) in [5.74, 6) is 0.263. The van der Waals surface area contributed by atoms with Gasteiger partial charge in [0.05, 0.1) is 38.2 Å². The molecule has 2 heterocycles. The number of thiazole rings is 1. The van der Waals surface area contributed by atoms with Crippen LogP contribution in [0.25, 0.3) is 21.5 Å². The first-order valence-corrected chi connectivity index (χ1v) is 16.2. The number of benzene rings is 2. The molecule has 2 N–H and O–H groups in total. The molecule has 0 spiro atoms. The van der Waals surface area contributed by atoms with Crippen molar-refractivity contribution in [1.82, 2.24) is 15.3 Å². The van der Waals surface area contributed by atoms with Crippen LogP contribution in [0.15, 0.2) is 60.7 Å². The van der Waals surface area contributed by atoms with Gasteiger partial charge in [0.25, 0.3) is 5.91 Å². The quantitative estimate of drug-likeness (QED) is 0.189. The van der Waals surface area contributed by atoms with Crippen molar-refractivity contribution in [3.63, 3.8) is 0 Å². The number of amides is 1. The second kappa shape index (κ2) is 13.0. The average Bonchev–Trinajstić information content (AvgIpc) is 3.37. The van der Waals surface area contributed by atoms with Crippen molar-refractivity contribution in [2.45, 2.75) is 58.5 Å². The number of ether oxygens (including phenoxy) is 1. The number of halogens is 2. The third kappa shape index (κ3) is 6.57. The SMILES string of the molecule is COc1cc(C(=O)NCC(c2cc(C(C)(C)O)c(C(C)C)c(-c3cccc(Cl)c3Cl)n2)C2C=CC=CC2)cc2sc(C)nc12. The zero-order valence-electron chi connectivity index (χ0n) is 25.7. The number of aliphatic hydroxyl groups is 1. The molecule has 230 valence electrons. The minimum Gasteiger partial charge on any atom is -0.494 e. The molecule has 0 radical (unpaired) electrons. The smallest absolute Gasteiger partial charge is 0.251 e. The van der Waals surface area contributed by atoms with Crippen LogP contribution in [-0.4, -0.2) is 34.6 Å². The number of nitrogens with zero attached hydrogens (tertiary/aromatic N) is 2. The molecule has 0 saturated carbocycles. The van der Waals surface area contributed by atoms with E-state index in [1.54, 1.807) is 33.1 Å². The first-order chi connectivity index (χ1) is 20.9. The number of hydrogen-bond donors (Lipinski definition) is 2. The van der Waals surface area contributed by atoms with E-state index in [2.05, 4.69) is 36.3 Å². The average molecular weight is 651 g/mol. The number of nitrogens with one attached hydrogen (secondary N) is 1. The fourth-order valence-corrected chi connectivity index (χ4v) is 7.10. The topological polar surface area (TPSA) is 84.3 Å². The molecule has 1 aliphatic carbocycles. The van der Waals surface area contributed by atoms with Gasteiger partial charge in [0, 0.05) is 29.3 Å². The number of pyridine rings is 1. The van der Waals surface area contributed by atoms with Crippen LogP contribution in [0.3, 0.4) is 0 Å². The summed E-state index contributed by atoms with van der Waals surface area (Å²) in [4.78, 5) is 23.4. The zero-order chi connectivity index (χ0) is 31.8. The lowest BCUT2D eigenvalue weighted by Crippen LogP contribution is -2.32. The lowest BCUT2D eigenvalue weighted by atomic mass is 9.80. The molecule has 0 fully saturated rings. The van der Waals surface area contributed by atoms with Crippen molar-refractivity contribution in [2.75, 3.05) is 13.7 Å². The minimum absolute atomic E-state index is 0.0407. The van der Waals surface area contributed by atoms with Gasteiger partial charge in [-0.05, 0) is 74.4 Å². The Kier molecular flexibility index (Phi) is 9.52. The Labute approximate surface area is 272 Å². The van der Waals surface area contributed by atoms with Gasteiger partial charge in [-0.2, -0.15) is 0 Å². The largest absolute Gasteiger partial charge is 0.494 e. The number of methoxy groups -OCH3 is 1. The summed E-state index contributed by atoms with van der Waals surface area (Å²) in [6.07, 6.45) is 9.12. The Morgan fingerprint density at radius 2 is 1.95 bits per heavy atom. The molecule has 4 aromatic rings. The highest BCUT2D eigenvalue weighted by Crippen LogP contribution is 2.43. The van der Waals surface area contributed by atoms with E-state index in [9.17, 15) is 9.90 Å². The van der Waals surface area contributed by atoms with E-state index in [-0.39, 0.29) is 23.7 Å². The Morgan fingerprint density at radius 1 is 1.18 bits per heavy atom. The number of carbonyl (C=O) groups excluding carboxylic acids is 1. The molecule has 2 aromatic carbocycles. The molecule has 6 nitrogen and oxygen atoms in total. The van der Waals surface area contributed by atoms with Gasteiger partial charge in [0.15, 0.2) is 0 Å². The van der Waals surface area contributed by atoms with E-state index in [0.29, 0.717) is 39.2 Å². The van der Waals surface area contributed by atoms with E-state index >= 15 is 0 Å². The fourth-order valence-electron chi connectivity index (χ4n) is 5.82. The van der Waals surface area contributed by atoms with Crippen molar-refractivity contribution in [2.24, 2.45) is 5.92 Å². The number of fused-ring (bicyclic) bond motifs is 1. The fraction of sp³-hybridized carbons (Fsp3) is 0.343. The number of aromatic nitrogens is 2. The Hall–Kier alpha value is -3.23. The van der Waals surface area contributed by atoms with Gasteiger partial charge >= 0.3 is 0 Å². The summed E-state index contributed by atoms with van der Waals surface area (Å²) in [7, 11) is 1.58. The molecular formula is C35H37Cl2N3O3S. The summed E-state index contributed by atoms with van der Waals surface area (Å²) in [5, 5.41) is 16.4. The maximum atomic E-state index is 13.6. The van der Waals surface area contributed by atoms with Crippen molar-refractivity contribution in [1.29, 1.82) is 0 Å². The van der Waals surface area contributed by atoms with Gasteiger partial charge in [-0.1, -0.05) is 73.5 Å². The molecule has 5 rings (SSSR count). The standard InChI is InChI=1S/C35H37Cl2N3O3S/c1-19(2)30-25(35(4,5)42)17-27(40-32(30)23-13-10-14-26(36)31(23)37)24(21-11-8-7-9-12-21)18-38-34(41)22-15-28(43-6)33-29(16-22)44-20(3)39-33/h7-11,13-17,19,21,24,42H,12,18H2,1-6H3,(H,38,41). The second-order valence-corrected chi connectivity index (χ2v) is 14.0. The van der Waals surface area contributed by atoms with Gasteiger partial charge in [-0.3, -0.25) is 9.78 Å². The first-order valence-electron chi connectivity index (χ1n) is 14.7. The van der Waals surface area contributed by atoms with Crippen LogP contribution >= 0.6 is 34.5 Å². The number of allylic oxidation sites excluding steroid dienone is 4. The molecule has 1 aliphatic rings. The molecule has 0 saturated heterocycles. The lowest BCUT2D eigenvalue weighted by Gasteiger charge is -2.31. The number of aryl methyl sites for hydroxylation is 1.